The van der Waals surface area contributed by atoms with Crippen LogP contribution in [-0.2, 0) is 13.2 Å². The summed E-state index contributed by atoms with van der Waals surface area (Å²) in [6.07, 6.45) is 0. The second kappa shape index (κ2) is 7.73. The van der Waals surface area contributed by atoms with Crippen molar-refractivity contribution in [3.05, 3.63) is 41.8 Å². The summed E-state index contributed by atoms with van der Waals surface area (Å²) in [7, 11) is 0. The molecule has 0 atom stereocenters. The Labute approximate surface area is 93.0 Å². The maximum absolute atomic E-state index is 5.65. The van der Waals surface area contributed by atoms with Crippen LogP contribution in [0.5, 0.6) is 0 Å². The molecule has 0 amide bonds. The van der Waals surface area contributed by atoms with Crippen molar-refractivity contribution in [3.8, 4) is 0 Å². The van der Waals surface area contributed by atoms with E-state index < -0.39 is 0 Å². The molecule has 0 heterocycles. The molecule has 0 fully saturated rings. The number of hydrogen-bond acceptors (Lipinski definition) is 0. The van der Waals surface area contributed by atoms with Crippen molar-refractivity contribution in [2.75, 3.05) is 0 Å². The van der Waals surface area contributed by atoms with Gasteiger partial charge in [-0.1, -0.05) is 29.8 Å². The van der Waals surface area contributed by atoms with E-state index in [1.807, 2.05) is 24.3 Å². The molecule has 4 heteroatoms. The Hall–Kier alpha value is 1.09. The summed E-state index contributed by atoms with van der Waals surface area (Å²) < 4.78 is 0. The van der Waals surface area contributed by atoms with Crippen molar-refractivity contribution in [1.29, 1.82) is 0 Å². The molecule has 0 bridgehead atoms. The van der Waals surface area contributed by atoms with E-state index in [0.29, 0.717) is 0 Å². The van der Waals surface area contributed by atoms with Gasteiger partial charge in [0.2, 0.25) is 0 Å². The number of halogens is 3. The van der Waals surface area contributed by atoms with Crippen molar-refractivity contribution in [2.45, 2.75) is 0 Å². The van der Waals surface area contributed by atoms with Gasteiger partial charge in [0, 0.05) is 5.02 Å². The summed E-state index contributed by atoms with van der Waals surface area (Å²) in [5, 5.41) is 0.729. The Morgan fingerprint density at radius 3 is 2.00 bits per heavy atom. The first-order chi connectivity index (χ1) is 5.22. The van der Waals surface area contributed by atoms with Crippen molar-refractivity contribution in [2.24, 2.45) is 0 Å². The maximum Gasteiger partial charge on any atom is 0.0438 e. The molecule has 0 aliphatic heterocycles. The van der Waals surface area contributed by atoms with Gasteiger partial charge in [-0.15, -0.1) is 0 Å². The van der Waals surface area contributed by atoms with Crippen molar-refractivity contribution in [1.82, 2.24) is 0 Å². The van der Waals surface area contributed by atoms with E-state index in [-0.39, 0.29) is 13.2 Å². The molecular weight excluding hydrogens is 345 g/mol. The Balaban J connectivity index is 0.000000292. The molecule has 11 heavy (non-hydrogen) atoms. The van der Waals surface area contributed by atoms with Crippen molar-refractivity contribution in [3.63, 3.8) is 0 Å². The SMILES string of the molecule is [Br][Zn][Br].[CH2]c1ccccc1Cl. The van der Waals surface area contributed by atoms with Crippen LogP contribution in [-0.4, -0.2) is 0 Å². The molecule has 0 spiro atoms. The van der Waals surface area contributed by atoms with Gasteiger partial charge in [0.1, 0.15) is 0 Å². The summed E-state index contributed by atoms with van der Waals surface area (Å²) >= 11 is 11.9. The van der Waals surface area contributed by atoms with E-state index >= 15 is 0 Å². The standard InChI is InChI=1S/C7H6Cl.2BrH.Zn/c1-6-4-2-3-5-7(6)8;;;/h2-5H,1H2;2*1H;/q;;;+2/p-2. The molecule has 0 saturated heterocycles. The van der Waals surface area contributed by atoms with Crippen LogP contribution >= 0.6 is 38.8 Å². The van der Waals surface area contributed by atoms with E-state index in [2.05, 4.69) is 34.2 Å². The predicted octanol–water partition coefficient (Wildman–Crippen LogP) is 4.21. The monoisotopic (exact) mass is 347 g/mol. The van der Waals surface area contributed by atoms with E-state index in [1.54, 1.807) is 0 Å². The fourth-order valence-corrected chi connectivity index (χ4v) is 0.634. The van der Waals surface area contributed by atoms with Gasteiger partial charge in [-0.25, -0.2) is 0 Å². The molecule has 0 aliphatic carbocycles. The fraction of sp³-hybridized carbons (Fsp3) is 0. The van der Waals surface area contributed by atoms with Crippen LogP contribution in [0.25, 0.3) is 0 Å². The first-order valence-electron chi connectivity index (χ1n) is 2.90. The Morgan fingerprint density at radius 2 is 1.73 bits per heavy atom. The van der Waals surface area contributed by atoms with Crippen molar-refractivity contribution < 1.29 is 13.2 Å². The van der Waals surface area contributed by atoms with Crippen molar-refractivity contribution >= 4 is 38.8 Å². The second-order valence-corrected chi connectivity index (χ2v) is 16.2. The predicted molar refractivity (Wildman–Crippen MR) is 53.8 cm³/mol. The van der Waals surface area contributed by atoms with Gasteiger partial charge in [-0.3, -0.25) is 0 Å². The van der Waals surface area contributed by atoms with Crippen LogP contribution in [0.15, 0.2) is 24.3 Å². The van der Waals surface area contributed by atoms with E-state index in [0.717, 1.165) is 10.6 Å². The summed E-state index contributed by atoms with van der Waals surface area (Å²) in [4.78, 5) is 0. The average molecular weight is 351 g/mol. The maximum atomic E-state index is 5.65. The van der Waals surface area contributed by atoms with E-state index in [1.165, 1.54) is 0 Å². The quantitative estimate of drug-likeness (QED) is 0.615. The largest absolute Gasteiger partial charge is 0.0840 e. The van der Waals surface area contributed by atoms with Crippen LogP contribution < -0.4 is 0 Å². The number of rotatable bonds is 0. The molecule has 0 aromatic heterocycles. The first-order valence-corrected chi connectivity index (χ1v) is 17.2. The van der Waals surface area contributed by atoms with Gasteiger partial charge >= 0.3 is 40.5 Å². The normalized spacial score (nSPS) is 7.64. The molecule has 1 rings (SSSR count). The second-order valence-electron chi connectivity index (χ2n) is 1.69. The molecular formula is C7H6Br2ClZn. The molecule has 0 saturated carbocycles. The summed E-state index contributed by atoms with van der Waals surface area (Å²) in [6, 6.07) is 7.50. The van der Waals surface area contributed by atoms with Gasteiger partial charge < -0.3 is 0 Å². The van der Waals surface area contributed by atoms with Gasteiger partial charge in [0.05, 0.1) is 0 Å². The summed E-state index contributed by atoms with van der Waals surface area (Å²) in [5.41, 5.74) is 0.883. The van der Waals surface area contributed by atoms with E-state index in [4.69, 9.17) is 11.6 Å². The molecule has 57 valence electrons. The Kier molecular flexibility index (Phi) is 8.50. The van der Waals surface area contributed by atoms with Crippen LogP contribution in [0.1, 0.15) is 5.56 Å². The average Bonchev–Trinajstić information content (AvgIpc) is 1.97. The minimum absolute atomic E-state index is 0.250. The third-order valence-electron chi connectivity index (χ3n) is 0.958. The number of hydrogen-bond donors (Lipinski definition) is 0. The number of benzene rings is 1. The molecule has 1 aromatic carbocycles. The topological polar surface area (TPSA) is 0 Å². The Bertz CT molecular complexity index is 184. The zero-order valence-corrected chi connectivity index (χ0v) is 12.8. The minimum Gasteiger partial charge on any atom is -0.0840 e. The van der Waals surface area contributed by atoms with Crippen LogP contribution in [0.2, 0.25) is 5.02 Å². The van der Waals surface area contributed by atoms with E-state index in [9.17, 15) is 0 Å². The molecule has 0 N–H and O–H groups in total. The molecule has 0 aliphatic rings. The van der Waals surface area contributed by atoms with Gasteiger partial charge in [0.25, 0.3) is 0 Å². The zero-order chi connectivity index (χ0) is 8.69. The molecule has 0 unspecified atom stereocenters. The molecule has 1 radical (unpaired) electrons. The Morgan fingerprint density at radius 1 is 1.27 bits per heavy atom. The van der Waals surface area contributed by atoms with Crippen LogP contribution in [0.3, 0.4) is 0 Å². The fourth-order valence-electron chi connectivity index (χ4n) is 0.498. The third-order valence-corrected chi connectivity index (χ3v) is 1.33. The minimum atomic E-state index is -0.250. The first kappa shape index (κ1) is 12.1. The van der Waals surface area contributed by atoms with Gasteiger partial charge in [-0.2, -0.15) is 0 Å². The third kappa shape index (κ3) is 6.27. The van der Waals surface area contributed by atoms with Crippen LogP contribution in [0, 0.1) is 6.92 Å². The summed E-state index contributed by atoms with van der Waals surface area (Å²) in [5.74, 6) is 0. The smallest absolute Gasteiger partial charge is 0.0438 e. The van der Waals surface area contributed by atoms with Gasteiger partial charge in [-0.05, 0) is 18.6 Å². The zero-order valence-electron chi connectivity index (χ0n) is 5.86. The molecule has 0 nitrogen and oxygen atoms in total. The summed E-state index contributed by atoms with van der Waals surface area (Å²) in [6.45, 7) is 3.69. The van der Waals surface area contributed by atoms with Crippen LogP contribution in [0.4, 0.5) is 0 Å². The van der Waals surface area contributed by atoms with Gasteiger partial charge in [0.15, 0.2) is 0 Å². The molecule has 1 aromatic rings.